The van der Waals surface area contributed by atoms with Crippen LogP contribution >= 0.6 is 0 Å². The lowest BCUT2D eigenvalue weighted by Gasteiger charge is -2.29. The van der Waals surface area contributed by atoms with Crippen molar-refractivity contribution in [1.29, 1.82) is 0 Å². The number of hydrogen-bond acceptors (Lipinski definition) is 7. The quantitative estimate of drug-likeness (QED) is 0.515. The monoisotopic (exact) mass is 410 g/mol. The molecule has 1 aromatic rings. The molecular formula is C17H22N4O6S. The molecule has 2 aliphatic rings. The normalized spacial score (nSPS) is 19.5. The summed E-state index contributed by atoms with van der Waals surface area (Å²) in [5.41, 5.74) is 0.247. The highest BCUT2D eigenvalue weighted by molar-refractivity contribution is 7.91. The van der Waals surface area contributed by atoms with E-state index < -0.39 is 26.7 Å². The second-order valence-corrected chi connectivity index (χ2v) is 9.38. The number of sulfone groups is 1. The van der Waals surface area contributed by atoms with E-state index in [2.05, 4.69) is 10.6 Å². The van der Waals surface area contributed by atoms with Crippen LogP contribution in [-0.2, 0) is 14.6 Å². The lowest BCUT2D eigenvalue weighted by atomic mass is 10.1. The lowest BCUT2D eigenvalue weighted by Crippen LogP contribution is -2.51. The highest BCUT2D eigenvalue weighted by Crippen LogP contribution is 2.31. The number of amides is 2. The first kappa shape index (κ1) is 20.1. The van der Waals surface area contributed by atoms with E-state index in [4.69, 9.17) is 0 Å². The Labute approximate surface area is 162 Å². The zero-order chi connectivity index (χ0) is 20.5. The molecule has 11 heteroatoms. The first-order chi connectivity index (χ1) is 13.2. The minimum absolute atomic E-state index is 0.0777. The molecule has 3 rings (SSSR count). The van der Waals surface area contributed by atoms with Crippen molar-refractivity contribution in [3.63, 3.8) is 0 Å². The van der Waals surface area contributed by atoms with Crippen LogP contribution in [0.3, 0.4) is 0 Å². The molecule has 1 aromatic carbocycles. The van der Waals surface area contributed by atoms with Crippen molar-refractivity contribution in [2.45, 2.75) is 31.8 Å². The summed E-state index contributed by atoms with van der Waals surface area (Å²) >= 11 is 0. The summed E-state index contributed by atoms with van der Waals surface area (Å²) in [6.07, 6.45) is 1.91. The van der Waals surface area contributed by atoms with Crippen molar-refractivity contribution < 1.29 is 22.9 Å². The molecule has 1 aliphatic carbocycles. The highest BCUT2D eigenvalue weighted by atomic mass is 32.2. The van der Waals surface area contributed by atoms with Crippen LogP contribution in [0.1, 0.15) is 30.1 Å². The molecule has 1 heterocycles. The van der Waals surface area contributed by atoms with Gasteiger partial charge in [0.05, 0.1) is 16.4 Å². The summed E-state index contributed by atoms with van der Waals surface area (Å²) in [4.78, 5) is 37.0. The Hall–Kier alpha value is -2.69. The Bertz CT molecular complexity index is 898. The van der Waals surface area contributed by atoms with Crippen molar-refractivity contribution in [2.24, 2.45) is 0 Å². The first-order valence-electron chi connectivity index (χ1n) is 9.01. The molecule has 1 saturated carbocycles. The number of anilines is 1. The van der Waals surface area contributed by atoms with Crippen LogP contribution < -0.4 is 10.6 Å². The standard InChI is InChI=1S/C17H22N4O6S/c1-11(17(23)20-6-8-28(26,27)9-7-20)18-16(22)12-2-5-14(19-13-3-4-13)15(10-12)21(24)25/h2,5,10-11,13,19H,3-4,6-9H2,1H3,(H,18,22). The molecule has 2 fully saturated rings. The molecule has 28 heavy (non-hydrogen) atoms. The molecule has 1 atom stereocenters. The minimum atomic E-state index is -3.11. The SMILES string of the molecule is CC(NC(=O)c1ccc(NC2CC2)c([N+](=O)[O-])c1)C(=O)N1CCS(=O)(=O)CC1. The fourth-order valence-corrected chi connectivity index (χ4v) is 4.14. The van der Waals surface area contributed by atoms with Gasteiger partial charge in [-0.05, 0) is 31.9 Å². The minimum Gasteiger partial charge on any atom is -0.377 e. The van der Waals surface area contributed by atoms with Gasteiger partial charge in [0.2, 0.25) is 5.91 Å². The van der Waals surface area contributed by atoms with Gasteiger partial charge in [0, 0.05) is 30.8 Å². The zero-order valence-corrected chi connectivity index (χ0v) is 16.2. The Morgan fingerprint density at radius 2 is 1.89 bits per heavy atom. The predicted octanol–water partition coefficient (Wildman–Crippen LogP) is 0.544. The molecule has 0 bridgehead atoms. The van der Waals surface area contributed by atoms with Gasteiger partial charge < -0.3 is 15.5 Å². The van der Waals surface area contributed by atoms with Gasteiger partial charge in [0.25, 0.3) is 11.6 Å². The van der Waals surface area contributed by atoms with E-state index in [1.54, 1.807) is 0 Å². The fraction of sp³-hybridized carbons (Fsp3) is 0.529. The van der Waals surface area contributed by atoms with Crippen LogP contribution in [0.25, 0.3) is 0 Å². The number of hydrogen-bond donors (Lipinski definition) is 2. The van der Waals surface area contributed by atoms with Gasteiger partial charge in [-0.1, -0.05) is 0 Å². The van der Waals surface area contributed by atoms with Crippen molar-refractivity contribution in [3.05, 3.63) is 33.9 Å². The number of carbonyl (C=O) groups excluding carboxylic acids is 2. The molecule has 152 valence electrons. The molecule has 2 N–H and O–H groups in total. The second-order valence-electron chi connectivity index (χ2n) is 7.08. The number of nitro groups is 1. The third-order valence-corrected chi connectivity index (χ3v) is 6.38. The fourth-order valence-electron chi connectivity index (χ4n) is 2.94. The number of benzene rings is 1. The van der Waals surface area contributed by atoms with Gasteiger partial charge in [-0.25, -0.2) is 8.42 Å². The van der Waals surface area contributed by atoms with Crippen LogP contribution in [0.5, 0.6) is 0 Å². The number of nitrogens with zero attached hydrogens (tertiary/aromatic N) is 2. The summed E-state index contributed by atoms with van der Waals surface area (Å²) in [5.74, 6) is -1.18. The summed E-state index contributed by atoms with van der Waals surface area (Å²) in [5, 5.41) is 16.9. The molecule has 0 spiro atoms. The van der Waals surface area contributed by atoms with E-state index >= 15 is 0 Å². The Kier molecular flexibility index (Phi) is 5.54. The molecule has 1 unspecified atom stereocenters. The largest absolute Gasteiger partial charge is 0.377 e. The maximum absolute atomic E-state index is 12.4. The maximum Gasteiger partial charge on any atom is 0.293 e. The van der Waals surface area contributed by atoms with Gasteiger partial charge in [-0.15, -0.1) is 0 Å². The third kappa shape index (κ3) is 4.77. The van der Waals surface area contributed by atoms with Gasteiger partial charge in [0.15, 0.2) is 9.84 Å². The van der Waals surface area contributed by atoms with Gasteiger partial charge in [0.1, 0.15) is 11.7 Å². The molecule has 10 nitrogen and oxygen atoms in total. The van der Waals surface area contributed by atoms with E-state index in [0.29, 0.717) is 5.69 Å². The van der Waals surface area contributed by atoms with Crippen molar-refractivity contribution in [2.75, 3.05) is 29.9 Å². The van der Waals surface area contributed by atoms with E-state index in [-0.39, 0.29) is 47.8 Å². The Balaban J connectivity index is 1.65. The molecule has 0 aromatic heterocycles. The van der Waals surface area contributed by atoms with Gasteiger partial charge in [-0.2, -0.15) is 0 Å². The summed E-state index contributed by atoms with van der Waals surface area (Å²) in [6.45, 7) is 1.68. The van der Waals surface area contributed by atoms with Crippen LogP contribution in [-0.4, -0.2) is 66.7 Å². The van der Waals surface area contributed by atoms with Crippen LogP contribution in [0.15, 0.2) is 18.2 Å². The van der Waals surface area contributed by atoms with Crippen molar-refractivity contribution in [1.82, 2.24) is 10.2 Å². The molecular weight excluding hydrogens is 388 g/mol. The second kappa shape index (κ2) is 7.74. The number of nitrogens with one attached hydrogen (secondary N) is 2. The average Bonchev–Trinajstić information content (AvgIpc) is 3.45. The van der Waals surface area contributed by atoms with Crippen LogP contribution in [0.4, 0.5) is 11.4 Å². The summed E-state index contributed by atoms with van der Waals surface area (Å²) < 4.78 is 22.9. The van der Waals surface area contributed by atoms with E-state index in [0.717, 1.165) is 12.8 Å². The zero-order valence-electron chi connectivity index (χ0n) is 15.4. The van der Waals surface area contributed by atoms with E-state index in [1.807, 2.05) is 0 Å². The third-order valence-electron chi connectivity index (χ3n) is 4.77. The summed E-state index contributed by atoms with van der Waals surface area (Å²) in [7, 11) is -3.11. The molecule has 0 radical (unpaired) electrons. The Morgan fingerprint density at radius 3 is 2.46 bits per heavy atom. The molecule has 1 saturated heterocycles. The van der Waals surface area contributed by atoms with Gasteiger partial charge in [-0.3, -0.25) is 19.7 Å². The molecule has 2 amide bonds. The van der Waals surface area contributed by atoms with Crippen molar-refractivity contribution >= 4 is 33.0 Å². The van der Waals surface area contributed by atoms with Gasteiger partial charge >= 0.3 is 0 Å². The highest BCUT2D eigenvalue weighted by Gasteiger charge is 2.29. The summed E-state index contributed by atoms with van der Waals surface area (Å²) in [6, 6.07) is 3.50. The van der Waals surface area contributed by atoms with Crippen molar-refractivity contribution in [3.8, 4) is 0 Å². The smallest absolute Gasteiger partial charge is 0.293 e. The van der Waals surface area contributed by atoms with Crippen LogP contribution in [0, 0.1) is 10.1 Å². The lowest BCUT2D eigenvalue weighted by molar-refractivity contribution is -0.384. The number of nitro benzene ring substituents is 1. The van der Waals surface area contributed by atoms with Crippen LogP contribution in [0.2, 0.25) is 0 Å². The Morgan fingerprint density at radius 1 is 1.25 bits per heavy atom. The molecule has 1 aliphatic heterocycles. The predicted molar refractivity (Wildman–Crippen MR) is 102 cm³/mol. The average molecular weight is 410 g/mol. The number of carbonyl (C=O) groups is 2. The van der Waals surface area contributed by atoms with E-state index in [1.165, 1.54) is 30.0 Å². The first-order valence-corrected chi connectivity index (χ1v) is 10.8. The number of rotatable bonds is 6. The topological polar surface area (TPSA) is 139 Å². The maximum atomic E-state index is 12.4. The van der Waals surface area contributed by atoms with E-state index in [9.17, 15) is 28.1 Å².